The topological polar surface area (TPSA) is 0 Å². The molecule has 2 heterocycles. The molecular weight excluding hydrogens is 689 g/mol. The molecule has 2 aromatic heterocycles. The van der Waals surface area contributed by atoms with Gasteiger partial charge in [-0.05, 0) is 92.1 Å². The van der Waals surface area contributed by atoms with Gasteiger partial charge in [-0.2, -0.15) is 0 Å². The van der Waals surface area contributed by atoms with Gasteiger partial charge in [-0.25, -0.2) is 0 Å². The molecule has 0 bridgehead atoms. The van der Waals surface area contributed by atoms with E-state index in [0.29, 0.717) is 0 Å². The van der Waals surface area contributed by atoms with E-state index in [1.54, 1.807) is 11.3 Å². The van der Waals surface area contributed by atoms with Gasteiger partial charge in [-0.3, -0.25) is 0 Å². The van der Waals surface area contributed by atoms with Crippen LogP contribution in [0.3, 0.4) is 0 Å². The summed E-state index contributed by atoms with van der Waals surface area (Å²) in [5, 5.41) is 11.9. The number of thiophene rings is 2. The van der Waals surface area contributed by atoms with Crippen LogP contribution in [0.25, 0.3) is 88.3 Å². The second-order valence-corrected chi connectivity index (χ2v) is 15.9. The highest BCUT2D eigenvalue weighted by atomic mass is 32.1. The summed E-state index contributed by atoms with van der Waals surface area (Å²) >= 11 is 3.67. The lowest BCUT2D eigenvalue weighted by atomic mass is 9.95. The smallest absolute Gasteiger partial charge is 0.0448 e. The van der Waals surface area contributed by atoms with Crippen LogP contribution in [0.15, 0.2) is 170 Å². The molecule has 0 radical (unpaired) electrons. The number of benzene rings is 5. The lowest BCUT2D eigenvalue weighted by molar-refractivity contribution is 1.47. The molecule has 2 heteroatoms. The quantitative estimate of drug-likeness (QED) is 0.150. The van der Waals surface area contributed by atoms with E-state index < -0.39 is 0 Å². The maximum Gasteiger partial charge on any atom is 0.0448 e. The van der Waals surface area contributed by atoms with Gasteiger partial charge >= 0.3 is 0 Å². The molecule has 0 N–H and O–H groups in total. The average molecular weight is 729 g/mol. The van der Waals surface area contributed by atoms with Gasteiger partial charge in [0.05, 0.1) is 0 Å². The fourth-order valence-corrected chi connectivity index (χ4v) is 9.69. The predicted octanol–water partition coefficient (Wildman–Crippen LogP) is 12.4. The molecule has 0 atom stereocenters. The highest BCUT2D eigenvalue weighted by Gasteiger charge is 2.13. The standard InChI is InChI=1S/C52H40S2/c1-33(36(4)32-48-38(6)53-51-47(48)30-28-39-27-29-46-45-23-15-16-24-49(45)54-52(46)50(39)51)25-26-35(3)41-19-9-7-8-10-20-42(44-22-14-13-21-43(41)44)37(5)31-40-18-12-11-17-34(40)2/h7-32H,2,4-6H2,1,3H3/b8-7?,9-7?,10-8?,19-9?,20-10?,33-25+,35-26+,40-31-,41-19?,42-20?,43-41?,44-42?,48-32+. The van der Waals surface area contributed by atoms with Gasteiger partial charge in [-0.15, -0.1) is 22.7 Å². The molecule has 0 fully saturated rings. The highest BCUT2D eigenvalue weighted by Crippen LogP contribution is 2.41. The summed E-state index contributed by atoms with van der Waals surface area (Å²) < 4.78 is 5.02. The van der Waals surface area contributed by atoms with E-state index in [-0.39, 0.29) is 0 Å². The number of hydrogen-bond acceptors (Lipinski definition) is 2. The first kappa shape index (κ1) is 35.0. The van der Waals surface area contributed by atoms with Gasteiger partial charge in [0.1, 0.15) is 0 Å². The third-order valence-electron chi connectivity index (χ3n) is 10.2. The average Bonchev–Trinajstić information content (AvgIpc) is 3.72. The van der Waals surface area contributed by atoms with Crippen molar-refractivity contribution in [3.8, 4) is 0 Å². The maximum absolute atomic E-state index is 4.53. The fourth-order valence-electron chi connectivity index (χ4n) is 7.23. The van der Waals surface area contributed by atoms with Crippen molar-refractivity contribution in [2.75, 3.05) is 0 Å². The molecule has 0 unspecified atom stereocenters. The predicted molar refractivity (Wildman–Crippen MR) is 244 cm³/mol. The van der Waals surface area contributed by atoms with Crippen LogP contribution in [0.5, 0.6) is 0 Å². The third-order valence-corrected chi connectivity index (χ3v) is 12.5. The number of hydrogen-bond donors (Lipinski definition) is 0. The monoisotopic (exact) mass is 728 g/mol. The molecule has 0 aliphatic heterocycles. The summed E-state index contributed by atoms with van der Waals surface area (Å²) in [4.78, 5) is 0. The van der Waals surface area contributed by atoms with E-state index in [1.807, 2.05) is 29.5 Å². The maximum atomic E-state index is 4.53. The SMILES string of the molecule is C=C(/C=c1\c(=C)sc2c1ccc1ccc3c4ccccc4sc3c12)/C(C)=C/C=C(\C)c1ccccccc(C(=C)/C=c2/ccccc2=C)c2ccccc12. The lowest BCUT2D eigenvalue weighted by Gasteiger charge is -2.09. The van der Waals surface area contributed by atoms with Crippen molar-refractivity contribution < 1.29 is 0 Å². The second kappa shape index (κ2) is 14.8. The summed E-state index contributed by atoms with van der Waals surface area (Å²) in [6.07, 6.45) is 8.73. The minimum atomic E-state index is 0.934. The highest BCUT2D eigenvalue weighted by molar-refractivity contribution is 7.27. The van der Waals surface area contributed by atoms with Gasteiger partial charge < -0.3 is 0 Å². The Morgan fingerprint density at radius 3 is 1.91 bits per heavy atom. The van der Waals surface area contributed by atoms with Crippen molar-refractivity contribution in [2.24, 2.45) is 0 Å². The normalized spacial score (nSPS) is 13.0. The lowest BCUT2D eigenvalue weighted by Crippen LogP contribution is -2.21. The summed E-state index contributed by atoms with van der Waals surface area (Å²) in [6, 6.07) is 47.2. The van der Waals surface area contributed by atoms with E-state index >= 15 is 0 Å². The minimum Gasteiger partial charge on any atom is -0.135 e. The van der Waals surface area contributed by atoms with Gasteiger partial charge in [0.2, 0.25) is 0 Å². The Balaban J connectivity index is 1.20. The molecule has 0 amide bonds. The summed E-state index contributed by atoms with van der Waals surface area (Å²) in [5.41, 5.74) is 6.37. The van der Waals surface area contributed by atoms with Gasteiger partial charge in [0.25, 0.3) is 0 Å². The van der Waals surface area contributed by atoms with E-state index in [4.69, 9.17) is 0 Å². The Hall–Kier alpha value is -6.06. The zero-order valence-electron chi connectivity index (χ0n) is 30.7. The van der Waals surface area contributed by atoms with Crippen LogP contribution in [0.2, 0.25) is 0 Å². The Bertz CT molecular complexity index is 3200. The minimum absolute atomic E-state index is 0.934. The Kier molecular flexibility index (Phi) is 9.56. The van der Waals surface area contributed by atoms with Crippen molar-refractivity contribution in [2.45, 2.75) is 13.8 Å². The summed E-state index contributed by atoms with van der Waals surface area (Å²) in [5.74, 6) is 0. The molecule has 0 aliphatic carbocycles. The summed E-state index contributed by atoms with van der Waals surface area (Å²) in [7, 11) is 0. The molecular formula is C52H40S2. The van der Waals surface area contributed by atoms with Crippen LogP contribution < -0.4 is 20.2 Å². The molecule has 6 aromatic carbocycles. The van der Waals surface area contributed by atoms with Crippen molar-refractivity contribution in [3.05, 3.63) is 201 Å². The van der Waals surface area contributed by atoms with Crippen molar-refractivity contribution in [3.63, 3.8) is 0 Å². The van der Waals surface area contributed by atoms with Crippen LogP contribution in [-0.2, 0) is 0 Å². The van der Waals surface area contributed by atoms with Crippen LogP contribution in [0.1, 0.15) is 25.0 Å². The first-order valence-corrected chi connectivity index (χ1v) is 19.7. The Morgan fingerprint density at radius 1 is 0.537 bits per heavy atom. The van der Waals surface area contributed by atoms with Crippen LogP contribution in [-0.4, -0.2) is 0 Å². The van der Waals surface area contributed by atoms with Crippen molar-refractivity contribution in [1.82, 2.24) is 0 Å². The number of fused-ring (bicyclic) bond motifs is 8. The molecule has 8 rings (SSSR count). The zero-order valence-corrected chi connectivity index (χ0v) is 32.3. The molecule has 0 nitrogen and oxygen atoms in total. The molecule has 54 heavy (non-hydrogen) atoms. The van der Waals surface area contributed by atoms with E-state index in [2.05, 4.69) is 180 Å². The second-order valence-electron chi connectivity index (χ2n) is 13.7. The Labute approximate surface area is 324 Å². The van der Waals surface area contributed by atoms with Crippen LogP contribution >= 0.6 is 22.7 Å². The fraction of sp³-hybridized carbons (Fsp3) is 0.0385. The first-order valence-electron chi connectivity index (χ1n) is 18.1. The van der Waals surface area contributed by atoms with E-state index in [9.17, 15) is 0 Å². The molecule has 0 spiro atoms. The molecule has 0 saturated heterocycles. The first-order chi connectivity index (χ1) is 26.3. The molecule has 0 aliphatic rings. The molecule has 8 aromatic rings. The Morgan fingerprint density at radius 2 is 1.15 bits per heavy atom. The van der Waals surface area contributed by atoms with Crippen molar-refractivity contribution in [1.29, 1.82) is 0 Å². The molecule has 260 valence electrons. The largest absolute Gasteiger partial charge is 0.135 e. The van der Waals surface area contributed by atoms with E-state index in [0.717, 1.165) is 64.4 Å². The van der Waals surface area contributed by atoms with E-state index in [1.165, 1.54) is 41.0 Å². The zero-order chi connectivity index (χ0) is 37.3. The number of allylic oxidation sites excluding steroid dienone is 6. The van der Waals surface area contributed by atoms with Gasteiger partial charge in [-0.1, -0.05) is 166 Å². The molecule has 0 saturated carbocycles. The van der Waals surface area contributed by atoms with Crippen molar-refractivity contribution >= 4 is 111 Å². The number of rotatable bonds is 6. The third kappa shape index (κ3) is 6.56. The van der Waals surface area contributed by atoms with Crippen LogP contribution in [0.4, 0.5) is 0 Å². The van der Waals surface area contributed by atoms with Gasteiger partial charge in [0, 0.05) is 45.4 Å². The summed E-state index contributed by atoms with van der Waals surface area (Å²) in [6.45, 7) is 22.1. The van der Waals surface area contributed by atoms with Gasteiger partial charge in [0.15, 0.2) is 0 Å². The van der Waals surface area contributed by atoms with Crippen LogP contribution in [0, 0.1) is 0 Å².